The van der Waals surface area contributed by atoms with Crippen molar-refractivity contribution >= 4 is 55.0 Å². The predicted octanol–water partition coefficient (Wildman–Crippen LogP) is 3.60. The van der Waals surface area contributed by atoms with Gasteiger partial charge in [0, 0.05) is 28.0 Å². The Bertz CT molecular complexity index is 494. The number of thiocarbonyl (C=S) groups is 1. The Morgan fingerprint density at radius 3 is 2.58 bits per heavy atom. The number of hydrogen-bond acceptors (Lipinski definition) is 2. The standard InChI is InChI=1S/C13H16Br2N2OS/c1-3-17(7-8(2)12(16)19)13(18)10-5-4-9(14)6-11(10)15/h4-6,8H,3,7H2,1-2H3,(H2,16,19). The molecule has 1 atom stereocenters. The average Bonchev–Trinajstić information content (AvgIpc) is 2.34. The minimum Gasteiger partial charge on any atom is -0.393 e. The summed E-state index contributed by atoms with van der Waals surface area (Å²) in [6.45, 7) is 5.02. The van der Waals surface area contributed by atoms with Gasteiger partial charge in [0.05, 0.1) is 10.6 Å². The van der Waals surface area contributed by atoms with E-state index < -0.39 is 0 Å². The first-order chi connectivity index (χ1) is 8.86. The first-order valence-corrected chi connectivity index (χ1v) is 7.89. The summed E-state index contributed by atoms with van der Waals surface area (Å²) < 4.78 is 1.70. The van der Waals surface area contributed by atoms with Crippen molar-refractivity contribution in [3.63, 3.8) is 0 Å². The smallest absolute Gasteiger partial charge is 0.255 e. The van der Waals surface area contributed by atoms with Crippen LogP contribution >= 0.6 is 44.1 Å². The maximum Gasteiger partial charge on any atom is 0.255 e. The van der Waals surface area contributed by atoms with Gasteiger partial charge in [0.2, 0.25) is 0 Å². The van der Waals surface area contributed by atoms with E-state index in [9.17, 15) is 4.79 Å². The molecule has 0 aliphatic rings. The topological polar surface area (TPSA) is 46.3 Å². The maximum absolute atomic E-state index is 12.5. The van der Waals surface area contributed by atoms with Crippen LogP contribution in [0.2, 0.25) is 0 Å². The molecule has 1 unspecified atom stereocenters. The molecule has 3 nitrogen and oxygen atoms in total. The molecule has 0 aromatic heterocycles. The maximum atomic E-state index is 12.5. The van der Waals surface area contributed by atoms with E-state index >= 15 is 0 Å². The highest BCUT2D eigenvalue weighted by Crippen LogP contribution is 2.23. The largest absolute Gasteiger partial charge is 0.393 e. The lowest BCUT2D eigenvalue weighted by Gasteiger charge is -2.24. The summed E-state index contributed by atoms with van der Waals surface area (Å²) in [7, 11) is 0. The number of halogens is 2. The number of carbonyl (C=O) groups is 1. The fourth-order valence-corrected chi connectivity index (χ4v) is 2.90. The van der Waals surface area contributed by atoms with Gasteiger partial charge in [-0.15, -0.1) is 0 Å². The third kappa shape index (κ3) is 4.54. The van der Waals surface area contributed by atoms with E-state index in [2.05, 4.69) is 31.9 Å². The zero-order chi connectivity index (χ0) is 14.6. The minimum atomic E-state index is -0.0232. The van der Waals surface area contributed by atoms with E-state index in [1.165, 1.54) is 0 Å². The van der Waals surface area contributed by atoms with Crippen molar-refractivity contribution in [1.29, 1.82) is 0 Å². The van der Waals surface area contributed by atoms with Gasteiger partial charge in [-0.3, -0.25) is 4.79 Å². The van der Waals surface area contributed by atoms with Crippen molar-refractivity contribution in [2.45, 2.75) is 13.8 Å². The van der Waals surface area contributed by atoms with Gasteiger partial charge in [0.1, 0.15) is 0 Å². The Balaban J connectivity index is 2.92. The number of carbonyl (C=O) groups excluding carboxylic acids is 1. The van der Waals surface area contributed by atoms with Gasteiger partial charge in [-0.1, -0.05) is 35.1 Å². The van der Waals surface area contributed by atoms with Crippen molar-refractivity contribution in [2.75, 3.05) is 13.1 Å². The van der Waals surface area contributed by atoms with Gasteiger partial charge < -0.3 is 10.6 Å². The van der Waals surface area contributed by atoms with Crippen LogP contribution < -0.4 is 5.73 Å². The molecule has 2 N–H and O–H groups in total. The van der Waals surface area contributed by atoms with Gasteiger partial charge in [0.15, 0.2) is 0 Å². The van der Waals surface area contributed by atoms with E-state index in [1.54, 1.807) is 11.0 Å². The van der Waals surface area contributed by atoms with E-state index in [0.717, 1.165) is 8.95 Å². The van der Waals surface area contributed by atoms with Crippen LogP contribution in [0.5, 0.6) is 0 Å². The number of rotatable bonds is 5. The molecule has 0 saturated carbocycles. The van der Waals surface area contributed by atoms with Crippen LogP contribution in [0, 0.1) is 5.92 Å². The van der Waals surface area contributed by atoms with Crippen LogP contribution in [0.3, 0.4) is 0 Å². The summed E-state index contributed by atoms with van der Waals surface area (Å²) in [6, 6.07) is 5.51. The average molecular weight is 408 g/mol. The molecule has 1 aromatic carbocycles. The molecule has 0 aliphatic heterocycles. The highest BCUT2D eigenvalue weighted by molar-refractivity contribution is 9.11. The Kier molecular flexibility index (Phi) is 6.42. The van der Waals surface area contributed by atoms with Gasteiger partial charge in [-0.2, -0.15) is 0 Å². The molecular weight excluding hydrogens is 392 g/mol. The molecule has 1 rings (SSSR count). The third-order valence-electron chi connectivity index (χ3n) is 2.81. The lowest BCUT2D eigenvalue weighted by Crippen LogP contribution is -2.38. The van der Waals surface area contributed by atoms with Crippen LogP contribution in [0.1, 0.15) is 24.2 Å². The van der Waals surface area contributed by atoms with Crippen LogP contribution in [-0.2, 0) is 0 Å². The normalized spacial score (nSPS) is 12.0. The Morgan fingerprint density at radius 1 is 1.47 bits per heavy atom. The molecule has 0 aliphatic carbocycles. The molecule has 19 heavy (non-hydrogen) atoms. The summed E-state index contributed by atoms with van der Waals surface area (Å²) in [5.41, 5.74) is 6.24. The van der Waals surface area contributed by atoms with E-state index in [-0.39, 0.29) is 11.8 Å². The highest BCUT2D eigenvalue weighted by Gasteiger charge is 2.19. The molecule has 0 fully saturated rings. The van der Waals surface area contributed by atoms with E-state index in [1.807, 2.05) is 26.0 Å². The molecule has 0 saturated heterocycles. The summed E-state index contributed by atoms with van der Waals surface area (Å²) in [4.78, 5) is 14.6. The van der Waals surface area contributed by atoms with Crippen molar-refractivity contribution in [3.8, 4) is 0 Å². The predicted molar refractivity (Wildman–Crippen MR) is 89.4 cm³/mol. The monoisotopic (exact) mass is 406 g/mol. The summed E-state index contributed by atoms with van der Waals surface area (Å²) in [5.74, 6) is -0.0156. The van der Waals surface area contributed by atoms with Gasteiger partial charge in [0.25, 0.3) is 5.91 Å². The Labute approximate surface area is 135 Å². The van der Waals surface area contributed by atoms with E-state index in [4.69, 9.17) is 18.0 Å². The van der Waals surface area contributed by atoms with Crippen molar-refractivity contribution in [3.05, 3.63) is 32.7 Å². The molecular formula is C13H16Br2N2OS. The first kappa shape index (κ1) is 16.6. The second-order valence-corrected chi connectivity index (χ2v) is 6.51. The van der Waals surface area contributed by atoms with Crippen molar-refractivity contribution < 1.29 is 4.79 Å². The molecule has 6 heteroatoms. The van der Waals surface area contributed by atoms with Crippen LogP contribution in [0.15, 0.2) is 27.1 Å². The summed E-state index contributed by atoms with van der Waals surface area (Å²) in [5, 5.41) is 0. The van der Waals surface area contributed by atoms with E-state index in [0.29, 0.717) is 23.6 Å². The minimum absolute atomic E-state index is 0.00752. The van der Waals surface area contributed by atoms with Gasteiger partial charge in [-0.25, -0.2) is 0 Å². The fourth-order valence-electron chi connectivity index (χ4n) is 1.61. The number of amides is 1. The van der Waals surface area contributed by atoms with Crippen LogP contribution in [-0.4, -0.2) is 28.9 Å². The number of benzene rings is 1. The van der Waals surface area contributed by atoms with Crippen LogP contribution in [0.25, 0.3) is 0 Å². The number of nitrogens with two attached hydrogens (primary N) is 1. The molecule has 1 amide bonds. The number of hydrogen-bond donors (Lipinski definition) is 1. The molecule has 0 heterocycles. The zero-order valence-electron chi connectivity index (χ0n) is 10.8. The fraction of sp³-hybridized carbons (Fsp3) is 0.385. The Morgan fingerprint density at radius 2 is 2.11 bits per heavy atom. The third-order valence-corrected chi connectivity index (χ3v) is 4.36. The molecule has 104 valence electrons. The lowest BCUT2D eigenvalue weighted by molar-refractivity contribution is 0.0754. The zero-order valence-corrected chi connectivity index (χ0v) is 14.8. The second kappa shape index (κ2) is 7.36. The van der Waals surface area contributed by atoms with Crippen molar-refractivity contribution in [1.82, 2.24) is 4.90 Å². The summed E-state index contributed by atoms with van der Waals surface area (Å²) in [6.07, 6.45) is 0. The Hall–Kier alpha value is -0.460. The molecule has 0 spiro atoms. The summed E-state index contributed by atoms with van der Waals surface area (Å²) >= 11 is 11.7. The van der Waals surface area contributed by atoms with Gasteiger partial charge in [-0.05, 0) is 41.1 Å². The quantitative estimate of drug-likeness (QED) is 0.758. The number of nitrogens with zero attached hydrogens (tertiary/aromatic N) is 1. The molecule has 0 bridgehead atoms. The van der Waals surface area contributed by atoms with Crippen LogP contribution in [0.4, 0.5) is 0 Å². The highest BCUT2D eigenvalue weighted by atomic mass is 79.9. The van der Waals surface area contributed by atoms with Gasteiger partial charge >= 0.3 is 0 Å². The lowest BCUT2D eigenvalue weighted by atomic mass is 10.1. The first-order valence-electron chi connectivity index (χ1n) is 5.90. The molecule has 0 radical (unpaired) electrons. The second-order valence-electron chi connectivity index (χ2n) is 4.27. The van der Waals surface area contributed by atoms with Crippen molar-refractivity contribution in [2.24, 2.45) is 11.7 Å². The molecule has 1 aromatic rings. The SMILES string of the molecule is CCN(CC(C)C(N)=S)C(=O)c1ccc(Br)cc1Br.